The second-order valence-corrected chi connectivity index (χ2v) is 8.05. The number of carbonyl (C=O) groups is 2. The first-order valence-corrected chi connectivity index (χ1v) is 9.89. The molecule has 3 aromatic rings. The van der Waals surface area contributed by atoms with Crippen LogP contribution in [-0.4, -0.2) is 11.1 Å². The molecule has 4 nitrogen and oxygen atoms in total. The molecule has 0 aliphatic carbocycles. The number of carbonyl (C=O) groups excluding carboxylic acids is 2. The average molecular weight is 461 g/mol. The Morgan fingerprint density at radius 1 is 1.04 bits per heavy atom. The summed E-state index contributed by atoms with van der Waals surface area (Å²) in [7, 11) is 0. The van der Waals surface area contributed by atoms with Gasteiger partial charge < -0.3 is 4.42 Å². The number of hydrogen-bond donors (Lipinski definition) is 0. The van der Waals surface area contributed by atoms with Crippen LogP contribution in [0.3, 0.4) is 0 Å². The lowest BCUT2D eigenvalue weighted by molar-refractivity contribution is -0.113. The van der Waals surface area contributed by atoms with Crippen LogP contribution in [0.5, 0.6) is 0 Å². The van der Waals surface area contributed by atoms with Crippen molar-refractivity contribution in [3.05, 3.63) is 80.8 Å². The molecule has 1 aromatic heterocycles. The van der Waals surface area contributed by atoms with E-state index in [0.717, 1.165) is 26.7 Å². The van der Waals surface area contributed by atoms with Crippen LogP contribution in [-0.2, 0) is 4.79 Å². The number of imide groups is 1. The molecule has 27 heavy (non-hydrogen) atoms. The van der Waals surface area contributed by atoms with E-state index in [-0.39, 0.29) is 5.24 Å². The average Bonchev–Trinajstić information content (AvgIpc) is 3.21. The number of nitrogens with zero attached hydrogens (tertiary/aromatic N) is 1. The molecule has 0 N–H and O–H groups in total. The van der Waals surface area contributed by atoms with E-state index in [1.165, 1.54) is 0 Å². The van der Waals surface area contributed by atoms with Gasteiger partial charge in [-0.15, -0.1) is 0 Å². The van der Waals surface area contributed by atoms with Crippen molar-refractivity contribution in [2.24, 2.45) is 0 Å². The fraction of sp³-hybridized carbons (Fsp3) is 0. The quantitative estimate of drug-likeness (QED) is 0.413. The normalized spacial score (nSPS) is 15.8. The van der Waals surface area contributed by atoms with Crippen LogP contribution >= 0.6 is 39.3 Å². The molecule has 1 aliphatic heterocycles. The summed E-state index contributed by atoms with van der Waals surface area (Å²) in [6, 6.07) is 17.9. The molecular formula is C20H11BrClNO3S. The van der Waals surface area contributed by atoms with Gasteiger partial charge in [-0.1, -0.05) is 45.7 Å². The number of anilines is 1. The largest absolute Gasteiger partial charge is 0.457 e. The molecule has 7 heteroatoms. The SMILES string of the molecule is O=C1S/C(=C\c2ccc(-c3ccc(Br)cc3)o2)C(=O)N1c1cccc(Cl)c1. The molecule has 2 amide bonds. The zero-order chi connectivity index (χ0) is 19.0. The fourth-order valence-corrected chi connectivity index (χ4v) is 3.90. The van der Waals surface area contributed by atoms with Crippen molar-refractivity contribution in [2.45, 2.75) is 0 Å². The highest BCUT2D eigenvalue weighted by atomic mass is 79.9. The maximum absolute atomic E-state index is 12.7. The molecule has 1 fully saturated rings. The predicted octanol–water partition coefficient (Wildman–Crippen LogP) is 6.60. The Morgan fingerprint density at radius 3 is 2.56 bits per heavy atom. The molecule has 0 unspecified atom stereocenters. The molecule has 1 saturated heterocycles. The van der Waals surface area contributed by atoms with Gasteiger partial charge in [0.2, 0.25) is 0 Å². The summed E-state index contributed by atoms with van der Waals surface area (Å²) in [6.45, 7) is 0. The lowest BCUT2D eigenvalue weighted by Gasteiger charge is -2.12. The minimum atomic E-state index is -0.395. The van der Waals surface area contributed by atoms with Gasteiger partial charge in [0.1, 0.15) is 11.5 Å². The van der Waals surface area contributed by atoms with Crippen molar-refractivity contribution in [3.63, 3.8) is 0 Å². The Hall–Kier alpha value is -2.28. The van der Waals surface area contributed by atoms with E-state index in [9.17, 15) is 9.59 Å². The van der Waals surface area contributed by atoms with Gasteiger partial charge in [0.15, 0.2) is 0 Å². The molecular weight excluding hydrogens is 450 g/mol. The van der Waals surface area contributed by atoms with Crippen molar-refractivity contribution in [2.75, 3.05) is 4.90 Å². The zero-order valence-corrected chi connectivity index (χ0v) is 16.8. The predicted molar refractivity (Wildman–Crippen MR) is 112 cm³/mol. The lowest BCUT2D eigenvalue weighted by Crippen LogP contribution is -2.27. The van der Waals surface area contributed by atoms with E-state index < -0.39 is 5.91 Å². The zero-order valence-electron chi connectivity index (χ0n) is 13.7. The van der Waals surface area contributed by atoms with E-state index in [1.54, 1.807) is 36.4 Å². The Balaban J connectivity index is 1.61. The van der Waals surface area contributed by atoms with Crippen LogP contribution in [0.15, 0.2) is 74.5 Å². The van der Waals surface area contributed by atoms with Crippen LogP contribution in [0.2, 0.25) is 5.02 Å². The summed E-state index contributed by atoms with van der Waals surface area (Å²) >= 11 is 10.2. The van der Waals surface area contributed by atoms with Crippen LogP contribution in [0, 0.1) is 0 Å². The van der Waals surface area contributed by atoms with Gasteiger partial charge in [0.25, 0.3) is 11.1 Å². The van der Waals surface area contributed by atoms with Gasteiger partial charge in [0, 0.05) is 21.1 Å². The highest BCUT2D eigenvalue weighted by molar-refractivity contribution is 9.10. The Kier molecular flexibility index (Phi) is 4.95. The first kappa shape index (κ1) is 18.1. The van der Waals surface area contributed by atoms with Crippen LogP contribution in [0.4, 0.5) is 10.5 Å². The highest BCUT2D eigenvalue weighted by Crippen LogP contribution is 2.37. The molecule has 0 saturated carbocycles. The van der Waals surface area contributed by atoms with E-state index in [1.807, 2.05) is 30.3 Å². The summed E-state index contributed by atoms with van der Waals surface area (Å²) in [5.74, 6) is 0.793. The number of rotatable bonds is 3. The van der Waals surface area contributed by atoms with Gasteiger partial charge in [-0.2, -0.15) is 0 Å². The van der Waals surface area contributed by atoms with Crippen molar-refractivity contribution in [3.8, 4) is 11.3 Å². The van der Waals surface area contributed by atoms with Gasteiger partial charge in [0.05, 0.1) is 10.6 Å². The second kappa shape index (κ2) is 7.38. The fourth-order valence-electron chi connectivity index (χ4n) is 2.63. The van der Waals surface area contributed by atoms with Gasteiger partial charge in [-0.05, 0) is 54.2 Å². The Bertz CT molecular complexity index is 1070. The monoisotopic (exact) mass is 459 g/mol. The molecule has 4 rings (SSSR count). The molecule has 0 bridgehead atoms. The van der Waals surface area contributed by atoms with Gasteiger partial charge in [-0.25, -0.2) is 4.90 Å². The summed E-state index contributed by atoms with van der Waals surface area (Å²) in [4.78, 5) is 26.4. The van der Waals surface area contributed by atoms with Crippen molar-refractivity contribution < 1.29 is 14.0 Å². The van der Waals surface area contributed by atoms with Gasteiger partial charge in [-0.3, -0.25) is 9.59 Å². The van der Waals surface area contributed by atoms with Crippen LogP contribution in [0.1, 0.15) is 5.76 Å². The van der Waals surface area contributed by atoms with Gasteiger partial charge >= 0.3 is 0 Å². The number of amides is 2. The summed E-state index contributed by atoms with van der Waals surface area (Å²) in [5, 5.41) is 0.0916. The molecule has 1 aliphatic rings. The van der Waals surface area contributed by atoms with Crippen LogP contribution in [0.25, 0.3) is 17.4 Å². The molecule has 0 spiro atoms. The third-order valence-corrected chi connectivity index (χ3v) is 5.52. The smallest absolute Gasteiger partial charge is 0.298 e. The molecule has 2 heterocycles. The minimum Gasteiger partial charge on any atom is -0.457 e. The number of benzene rings is 2. The maximum atomic E-state index is 12.7. The summed E-state index contributed by atoms with van der Waals surface area (Å²) in [6.07, 6.45) is 1.58. The molecule has 0 atom stereocenters. The van der Waals surface area contributed by atoms with E-state index in [4.69, 9.17) is 16.0 Å². The lowest BCUT2D eigenvalue weighted by atomic mass is 10.2. The minimum absolute atomic E-state index is 0.302. The van der Waals surface area contributed by atoms with Crippen LogP contribution < -0.4 is 4.90 Å². The van der Waals surface area contributed by atoms with Crippen molar-refractivity contribution >= 4 is 62.2 Å². The Labute approximate surface area is 172 Å². The molecule has 134 valence electrons. The molecule has 2 aromatic carbocycles. The Morgan fingerprint density at radius 2 is 1.81 bits per heavy atom. The maximum Gasteiger partial charge on any atom is 0.298 e. The highest BCUT2D eigenvalue weighted by Gasteiger charge is 2.36. The van der Waals surface area contributed by atoms with E-state index in [2.05, 4.69) is 15.9 Å². The number of thioether (sulfide) groups is 1. The second-order valence-electron chi connectivity index (χ2n) is 5.71. The summed E-state index contributed by atoms with van der Waals surface area (Å²) < 4.78 is 6.79. The first-order valence-electron chi connectivity index (χ1n) is 7.90. The number of hydrogen-bond acceptors (Lipinski definition) is 4. The van der Waals surface area contributed by atoms with Crippen molar-refractivity contribution in [1.29, 1.82) is 0 Å². The summed E-state index contributed by atoms with van der Waals surface area (Å²) in [5.41, 5.74) is 1.37. The van der Waals surface area contributed by atoms with E-state index in [0.29, 0.717) is 27.1 Å². The van der Waals surface area contributed by atoms with Crippen molar-refractivity contribution in [1.82, 2.24) is 0 Å². The first-order chi connectivity index (χ1) is 13.0. The number of halogens is 2. The standard InChI is InChI=1S/C20H11BrClNO3S/c21-13-6-4-12(5-7-13)17-9-8-16(26-17)11-18-19(24)23(20(25)27-18)15-3-1-2-14(22)10-15/h1-11H/b18-11-. The van der Waals surface area contributed by atoms with E-state index >= 15 is 0 Å². The third kappa shape index (κ3) is 3.74. The third-order valence-electron chi connectivity index (χ3n) is 3.89. The number of furan rings is 1. The molecule has 0 radical (unpaired) electrons. The topological polar surface area (TPSA) is 50.5 Å².